The summed E-state index contributed by atoms with van der Waals surface area (Å²) in [6, 6.07) is 1.52. The van der Waals surface area contributed by atoms with Gasteiger partial charge in [-0.3, -0.25) is 9.69 Å². The van der Waals surface area contributed by atoms with Crippen LogP contribution in [0.15, 0.2) is 40.8 Å². The Bertz CT molecular complexity index is 648. The van der Waals surface area contributed by atoms with Crippen LogP contribution in [0.1, 0.15) is 25.5 Å². The second-order valence-electron chi connectivity index (χ2n) is 5.73. The average molecular weight is 317 g/mol. The van der Waals surface area contributed by atoms with E-state index in [0.29, 0.717) is 18.7 Å². The highest BCUT2D eigenvalue weighted by molar-refractivity contribution is 7.08. The molecule has 0 saturated heterocycles. The Kier molecular flexibility index (Phi) is 3.78. The quantitative estimate of drug-likeness (QED) is 0.868. The molecular formula is C16H19N3O2S. The average Bonchev–Trinajstić information content (AvgIpc) is 3.10. The van der Waals surface area contributed by atoms with E-state index in [4.69, 9.17) is 0 Å². The van der Waals surface area contributed by atoms with Crippen molar-refractivity contribution in [2.45, 2.75) is 25.9 Å². The number of amides is 3. The van der Waals surface area contributed by atoms with Crippen LogP contribution < -0.4 is 5.32 Å². The van der Waals surface area contributed by atoms with Crippen molar-refractivity contribution in [2.75, 3.05) is 13.1 Å². The summed E-state index contributed by atoms with van der Waals surface area (Å²) in [5.74, 6) is 0.00950. The topological polar surface area (TPSA) is 52.7 Å². The van der Waals surface area contributed by atoms with Crippen LogP contribution in [0.2, 0.25) is 0 Å². The molecule has 22 heavy (non-hydrogen) atoms. The van der Waals surface area contributed by atoms with Crippen LogP contribution in [0.25, 0.3) is 0 Å². The molecule has 3 rings (SSSR count). The molecule has 116 valence electrons. The number of urea groups is 1. The number of nitrogens with zero attached hydrogens (tertiary/aromatic N) is 2. The predicted octanol–water partition coefficient (Wildman–Crippen LogP) is 2.51. The number of hydrogen-bond donors (Lipinski definition) is 1. The van der Waals surface area contributed by atoms with E-state index in [1.807, 2.05) is 30.7 Å². The van der Waals surface area contributed by atoms with Crippen molar-refractivity contribution in [2.24, 2.45) is 0 Å². The van der Waals surface area contributed by atoms with Gasteiger partial charge in [-0.25, -0.2) is 4.79 Å². The van der Waals surface area contributed by atoms with Gasteiger partial charge in [-0.05, 0) is 36.2 Å². The minimum absolute atomic E-state index is 0.00950. The first kappa shape index (κ1) is 14.8. The lowest BCUT2D eigenvalue weighted by atomic mass is 9.98. The van der Waals surface area contributed by atoms with Crippen molar-refractivity contribution < 1.29 is 9.59 Å². The normalized spacial score (nSPS) is 21.5. The standard InChI is InChI=1S/C16H19N3O2S/c1-4-6-18-12-8-19(10(2)3)15(20)13(12)14(17-16(18)21)11-5-7-22-9-11/h4-5,7,9-10,14H,1,6,8H2,2-3H3,(H,17,21). The molecule has 0 radical (unpaired) electrons. The highest BCUT2D eigenvalue weighted by Gasteiger charge is 2.44. The molecule has 0 aromatic carbocycles. The van der Waals surface area contributed by atoms with Crippen LogP contribution in [0.5, 0.6) is 0 Å². The van der Waals surface area contributed by atoms with Crippen LogP contribution in [0.4, 0.5) is 4.79 Å². The number of rotatable bonds is 4. The van der Waals surface area contributed by atoms with Gasteiger partial charge < -0.3 is 10.2 Å². The molecule has 0 saturated carbocycles. The molecule has 0 fully saturated rings. The molecule has 1 unspecified atom stereocenters. The first-order valence-corrected chi connectivity index (χ1v) is 8.24. The van der Waals surface area contributed by atoms with Crippen molar-refractivity contribution in [3.05, 3.63) is 46.3 Å². The summed E-state index contributed by atoms with van der Waals surface area (Å²) in [5.41, 5.74) is 2.45. The van der Waals surface area contributed by atoms with E-state index in [0.717, 1.165) is 11.3 Å². The summed E-state index contributed by atoms with van der Waals surface area (Å²) in [6.45, 7) is 8.57. The van der Waals surface area contributed by atoms with Gasteiger partial charge in [0.25, 0.3) is 5.91 Å². The summed E-state index contributed by atoms with van der Waals surface area (Å²) in [6.07, 6.45) is 1.68. The van der Waals surface area contributed by atoms with Gasteiger partial charge in [-0.15, -0.1) is 6.58 Å². The van der Waals surface area contributed by atoms with E-state index in [-0.39, 0.29) is 24.0 Å². The van der Waals surface area contributed by atoms with E-state index in [2.05, 4.69) is 11.9 Å². The van der Waals surface area contributed by atoms with Gasteiger partial charge in [0, 0.05) is 12.6 Å². The Morgan fingerprint density at radius 1 is 1.50 bits per heavy atom. The van der Waals surface area contributed by atoms with Gasteiger partial charge in [0.05, 0.1) is 23.9 Å². The third-order valence-corrected chi connectivity index (χ3v) is 4.76. The maximum absolute atomic E-state index is 12.8. The maximum Gasteiger partial charge on any atom is 0.322 e. The van der Waals surface area contributed by atoms with Crippen LogP contribution in [0.3, 0.4) is 0 Å². The summed E-state index contributed by atoms with van der Waals surface area (Å²) in [5, 5.41) is 6.89. The lowest BCUT2D eigenvalue weighted by Gasteiger charge is -2.32. The van der Waals surface area contributed by atoms with Crippen molar-refractivity contribution in [1.82, 2.24) is 15.1 Å². The Hall–Kier alpha value is -2.08. The lowest BCUT2D eigenvalue weighted by molar-refractivity contribution is -0.127. The number of nitrogens with one attached hydrogen (secondary N) is 1. The van der Waals surface area contributed by atoms with Gasteiger partial charge in [0.15, 0.2) is 0 Å². The molecule has 0 aliphatic carbocycles. The smallest absolute Gasteiger partial charge is 0.322 e. The molecule has 0 spiro atoms. The molecule has 3 heterocycles. The van der Waals surface area contributed by atoms with Crippen LogP contribution in [-0.2, 0) is 4.79 Å². The van der Waals surface area contributed by atoms with Crippen LogP contribution in [-0.4, -0.2) is 40.9 Å². The summed E-state index contributed by atoms with van der Waals surface area (Å²) >= 11 is 1.56. The summed E-state index contributed by atoms with van der Waals surface area (Å²) in [4.78, 5) is 28.7. The third kappa shape index (κ3) is 2.23. The van der Waals surface area contributed by atoms with E-state index in [9.17, 15) is 9.59 Å². The number of carbonyl (C=O) groups excluding carboxylic acids is 2. The van der Waals surface area contributed by atoms with Crippen LogP contribution >= 0.6 is 11.3 Å². The molecule has 1 atom stereocenters. The molecular weight excluding hydrogens is 298 g/mol. The molecule has 1 aromatic rings. The summed E-state index contributed by atoms with van der Waals surface area (Å²) in [7, 11) is 0. The molecule has 6 heteroatoms. The lowest BCUT2D eigenvalue weighted by Crippen LogP contribution is -2.47. The van der Waals surface area contributed by atoms with E-state index < -0.39 is 0 Å². The molecule has 2 aliphatic heterocycles. The first-order valence-electron chi connectivity index (χ1n) is 7.29. The molecule has 1 N–H and O–H groups in total. The van der Waals surface area contributed by atoms with Crippen LogP contribution in [0, 0.1) is 0 Å². The second kappa shape index (κ2) is 5.61. The Morgan fingerprint density at radius 3 is 2.86 bits per heavy atom. The van der Waals surface area contributed by atoms with Gasteiger partial charge in [-0.1, -0.05) is 6.08 Å². The molecule has 2 aliphatic rings. The fraction of sp³-hybridized carbons (Fsp3) is 0.375. The van der Waals surface area contributed by atoms with Gasteiger partial charge in [0.2, 0.25) is 0 Å². The van der Waals surface area contributed by atoms with Crippen molar-refractivity contribution in [3.8, 4) is 0 Å². The largest absolute Gasteiger partial charge is 0.331 e. The number of carbonyl (C=O) groups is 2. The number of hydrogen-bond acceptors (Lipinski definition) is 3. The van der Waals surface area contributed by atoms with E-state index >= 15 is 0 Å². The molecule has 1 aromatic heterocycles. The monoisotopic (exact) mass is 317 g/mol. The minimum Gasteiger partial charge on any atom is -0.331 e. The van der Waals surface area contributed by atoms with Crippen molar-refractivity contribution in [3.63, 3.8) is 0 Å². The number of thiophene rings is 1. The van der Waals surface area contributed by atoms with E-state index in [1.165, 1.54) is 0 Å². The van der Waals surface area contributed by atoms with E-state index in [1.54, 1.807) is 27.2 Å². The Morgan fingerprint density at radius 2 is 2.27 bits per heavy atom. The Labute approximate surface area is 133 Å². The second-order valence-corrected chi connectivity index (χ2v) is 6.51. The zero-order valence-electron chi connectivity index (χ0n) is 12.7. The first-order chi connectivity index (χ1) is 10.5. The summed E-state index contributed by atoms with van der Waals surface area (Å²) < 4.78 is 0. The fourth-order valence-electron chi connectivity index (χ4n) is 2.94. The highest BCUT2D eigenvalue weighted by Crippen LogP contribution is 2.37. The third-order valence-electron chi connectivity index (χ3n) is 4.06. The highest BCUT2D eigenvalue weighted by atomic mass is 32.1. The van der Waals surface area contributed by atoms with Gasteiger partial charge in [-0.2, -0.15) is 11.3 Å². The van der Waals surface area contributed by atoms with Gasteiger partial charge in [0.1, 0.15) is 0 Å². The molecule has 5 nitrogen and oxygen atoms in total. The molecule has 0 bridgehead atoms. The molecule has 3 amide bonds. The zero-order chi connectivity index (χ0) is 15.9. The minimum atomic E-state index is -0.355. The Balaban J connectivity index is 2.07. The predicted molar refractivity (Wildman–Crippen MR) is 86.4 cm³/mol. The SMILES string of the molecule is C=CCN1C(=O)NC(c2ccsc2)C2=C1CN(C(C)C)C2=O. The fourth-order valence-corrected chi connectivity index (χ4v) is 3.63. The maximum atomic E-state index is 12.8. The zero-order valence-corrected chi connectivity index (χ0v) is 13.5. The van der Waals surface area contributed by atoms with Crippen molar-refractivity contribution in [1.29, 1.82) is 0 Å². The van der Waals surface area contributed by atoms with Crippen molar-refractivity contribution >= 4 is 23.3 Å². The van der Waals surface area contributed by atoms with Gasteiger partial charge >= 0.3 is 6.03 Å².